The molecule has 0 aliphatic carbocycles. The molecule has 9 nitrogen and oxygen atoms in total. The Morgan fingerprint density at radius 2 is 1.81 bits per heavy atom. The number of hydrogen-bond donors (Lipinski definition) is 2. The second kappa shape index (κ2) is 12.1. The number of nitrogens with zero attached hydrogens (tertiary/aromatic N) is 2. The minimum Gasteiger partial charge on any atom is -0.385 e. The van der Waals surface area contributed by atoms with Gasteiger partial charge in [0.25, 0.3) is 0 Å². The van der Waals surface area contributed by atoms with Crippen LogP contribution >= 0.6 is 0 Å². The third-order valence-electron chi connectivity index (χ3n) is 5.36. The summed E-state index contributed by atoms with van der Waals surface area (Å²) < 4.78 is 31.9. The van der Waals surface area contributed by atoms with Gasteiger partial charge in [-0.1, -0.05) is 6.42 Å². The quantitative estimate of drug-likeness (QED) is 0.488. The molecule has 0 bridgehead atoms. The molecule has 0 radical (unpaired) electrons. The predicted octanol–water partition coefficient (Wildman–Crippen LogP) is 1.27. The third-order valence-corrected chi connectivity index (χ3v) is 7.27. The van der Waals surface area contributed by atoms with Crippen LogP contribution in [0.25, 0.3) is 0 Å². The topological polar surface area (TPSA) is 108 Å². The Morgan fingerprint density at radius 3 is 2.42 bits per heavy atom. The molecule has 2 N–H and O–H groups in total. The van der Waals surface area contributed by atoms with Gasteiger partial charge in [0, 0.05) is 39.0 Å². The second-order valence-electron chi connectivity index (χ2n) is 7.77. The number of sulfonamides is 1. The predicted molar refractivity (Wildman–Crippen MR) is 119 cm³/mol. The number of anilines is 1. The summed E-state index contributed by atoms with van der Waals surface area (Å²) in [5.41, 5.74) is 0.506. The first-order chi connectivity index (χ1) is 14.8. The fourth-order valence-corrected chi connectivity index (χ4v) is 4.79. The number of carbonyl (C=O) groups is 2. The number of piperidine rings is 1. The van der Waals surface area contributed by atoms with Crippen LogP contribution in [-0.4, -0.2) is 82.4 Å². The molecule has 0 saturated carbocycles. The van der Waals surface area contributed by atoms with Gasteiger partial charge in [-0.05, 0) is 57.5 Å². The number of likely N-dealkylation sites (N-methyl/N-ethyl adjacent to an activating group) is 1. The number of rotatable bonds is 11. The SMILES string of the molecule is COCCCNC(=O)CN(C)C(C)C(=O)Nc1ccc(S(=O)(=O)N2CCCCC2)cc1. The summed E-state index contributed by atoms with van der Waals surface area (Å²) in [6.07, 6.45) is 3.54. The number of methoxy groups -OCH3 is 1. The molecule has 2 rings (SSSR count). The first kappa shape index (κ1) is 25.3. The Hall–Kier alpha value is -2.01. The molecule has 1 aromatic rings. The van der Waals surface area contributed by atoms with Crippen LogP contribution in [0, 0.1) is 0 Å². The number of hydrogen-bond acceptors (Lipinski definition) is 6. The van der Waals surface area contributed by atoms with Gasteiger partial charge >= 0.3 is 0 Å². The molecule has 10 heteroatoms. The number of amides is 2. The molecule has 1 aliphatic rings. The van der Waals surface area contributed by atoms with E-state index in [1.54, 1.807) is 38.1 Å². The summed E-state index contributed by atoms with van der Waals surface area (Å²) in [6, 6.07) is 5.66. The first-order valence-corrected chi connectivity index (χ1v) is 12.1. The van der Waals surface area contributed by atoms with Gasteiger partial charge in [-0.3, -0.25) is 14.5 Å². The zero-order valence-corrected chi connectivity index (χ0v) is 19.4. The lowest BCUT2D eigenvalue weighted by Gasteiger charge is -2.26. The first-order valence-electron chi connectivity index (χ1n) is 10.6. The number of carbonyl (C=O) groups excluding carboxylic acids is 2. The highest BCUT2D eigenvalue weighted by Crippen LogP contribution is 2.22. The number of benzene rings is 1. The van der Waals surface area contributed by atoms with Gasteiger partial charge in [0.05, 0.1) is 17.5 Å². The lowest BCUT2D eigenvalue weighted by Crippen LogP contribution is -2.45. The lowest BCUT2D eigenvalue weighted by molar-refractivity contribution is -0.124. The molecule has 1 aromatic carbocycles. The molecule has 1 heterocycles. The van der Waals surface area contributed by atoms with Crippen LogP contribution in [0.4, 0.5) is 5.69 Å². The Labute approximate surface area is 185 Å². The van der Waals surface area contributed by atoms with Crippen molar-refractivity contribution in [2.45, 2.75) is 43.5 Å². The second-order valence-corrected chi connectivity index (χ2v) is 9.70. The molecule has 31 heavy (non-hydrogen) atoms. The smallest absolute Gasteiger partial charge is 0.243 e. The summed E-state index contributed by atoms with van der Waals surface area (Å²) in [4.78, 5) is 26.4. The van der Waals surface area contributed by atoms with Crippen molar-refractivity contribution in [2.24, 2.45) is 0 Å². The van der Waals surface area contributed by atoms with Crippen molar-refractivity contribution in [1.82, 2.24) is 14.5 Å². The highest BCUT2D eigenvalue weighted by atomic mass is 32.2. The van der Waals surface area contributed by atoms with Crippen molar-refractivity contribution in [2.75, 3.05) is 52.3 Å². The van der Waals surface area contributed by atoms with E-state index < -0.39 is 16.1 Å². The van der Waals surface area contributed by atoms with E-state index in [1.807, 2.05) is 0 Å². The fourth-order valence-electron chi connectivity index (χ4n) is 3.28. The average Bonchev–Trinajstić information content (AvgIpc) is 2.77. The highest BCUT2D eigenvalue weighted by molar-refractivity contribution is 7.89. The van der Waals surface area contributed by atoms with E-state index in [0.29, 0.717) is 31.9 Å². The van der Waals surface area contributed by atoms with E-state index in [4.69, 9.17) is 4.74 Å². The minimum absolute atomic E-state index is 0.0919. The van der Waals surface area contributed by atoms with E-state index in [-0.39, 0.29) is 23.3 Å². The summed E-state index contributed by atoms with van der Waals surface area (Å²) in [5, 5.41) is 5.56. The summed E-state index contributed by atoms with van der Waals surface area (Å²) in [7, 11) is -0.192. The molecule has 174 valence electrons. The van der Waals surface area contributed by atoms with E-state index in [1.165, 1.54) is 16.4 Å². The summed E-state index contributed by atoms with van der Waals surface area (Å²) in [5.74, 6) is -0.438. The molecule has 0 spiro atoms. The van der Waals surface area contributed by atoms with Gasteiger partial charge < -0.3 is 15.4 Å². The van der Waals surface area contributed by atoms with Crippen LogP contribution in [0.3, 0.4) is 0 Å². The Balaban J connectivity index is 1.87. The molecular formula is C21H34N4O5S. The minimum atomic E-state index is -3.50. The van der Waals surface area contributed by atoms with Crippen LogP contribution in [0.1, 0.15) is 32.6 Å². The van der Waals surface area contributed by atoms with E-state index in [0.717, 1.165) is 25.7 Å². The number of nitrogens with one attached hydrogen (secondary N) is 2. The monoisotopic (exact) mass is 454 g/mol. The molecule has 1 saturated heterocycles. The largest absolute Gasteiger partial charge is 0.385 e. The van der Waals surface area contributed by atoms with Crippen LogP contribution in [-0.2, 0) is 24.3 Å². The van der Waals surface area contributed by atoms with Crippen molar-refractivity contribution >= 4 is 27.5 Å². The van der Waals surface area contributed by atoms with E-state index >= 15 is 0 Å². The molecule has 1 unspecified atom stereocenters. The zero-order valence-electron chi connectivity index (χ0n) is 18.6. The van der Waals surface area contributed by atoms with Crippen LogP contribution in [0.15, 0.2) is 29.2 Å². The normalized spacial score (nSPS) is 16.1. The molecule has 0 aromatic heterocycles. The van der Waals surface area contributed by atoms with E-state index in [9.17, 15) is 18.0 Å². The van der Waals surface area contributed by atoms with E-state index in [2.05, 4.69) is 10.6 Å². The Kier molecular flexibility index (Phi) is 9.89. The molecule has 1 aliphatic heterocycles. The lowest BCUT2D eigenvalue weighted by atomic mass is 10.2. The highest BCUT2D eigenvalue weighted by Gasteiger charge is 2.26. The third kappa shape index (κ3) is 7.57. The molecular weight excluding hydrogens is 420 g/mol. The van der Waals surface area contributed by atoms with Crippen molar-refractivity contribution in [3.05, 3.63) is 24.3 Å². The van der Waals surface area contributed by atoms with Crippen molar-refractivity contribution in [1.29, 1.82) is 0 Å². The van der Waals surface area contributed by atoms with Gasteiger partial charge in [0.2, 0.25) is 21.8 Å². The maximum atomic E-state index is 12.7. The maximum absolute atomic E-state index is 12.7. The summed E-state index contributed by atoms with van der Waals surface area (Å²) >= 11 is 0. The fraction of sp³-hybridized carbons (Fsp3) is 0.619. The average molecular weight is 455 g/mol. The Bertz CT molecular complexity index is 823. The molecule has 2 amide bonds. The number of ether oxygens (including phenoxy) is 1. The van der Waals surface area contributed by atoms with Gasteiger partial charge in [-0.2, -0.15) is 4.31 Å². The van der Waals surface area contributed by atoms with Gasteiger partial charge in [0.15, 0.2) is 0 Å². The van der Waals surface area contributed by atoms with Crippen molar-refractivity contribution in [3.8, 4) is 0 Å². The summed E-state index contributed by atoms with van der Waals surface area (Å²) in [6.45, 7) is 3.99. The van der Waals surface area contributed by atoms with Crippen molar-refractivity contribution < 1.29 is 22.7 Å². The molecule has 1 fully saturated rings. The van der Waals surface area contributed by atoms with Gasteiger partial charge in [-0.25, -0.2) is 8.42 Å². The zero-order chi connectivity index (χ0) is 22.9. The van der Waals surface area contributed by atoms with Crippen LogP contribution < -0.4 is 10.6 Å². The molecule has 1 atom stereocenters. The van der Waals surface area contributed by atoms with Gasteiger partial charge in [-0.15, -0.1) is 0 Å². The maximum Gasteiger partial charge on any atom is 0.243 e. The van der Waals surface area contributed by atoms with Crippen molar-refractivity contribution in [3.63, 3.8) is 0 Å². The Morgan fingerprint density at radius 1 is 1.16 bits per heavy atom. The van der Waals surface area contributed by atoms with Gasteiger partial charge in [0.1, 0.15) is 0 Å². The van der Waals surface area contributed by atoms with Crippen LogP contribution in [0.2, 0.25) is 0 Å². The van der Waals surface area contributed by atoms with Crippen LogP contribution in [0.5, 0.6) is 0 Å². The standard InChI is InChI=1S/C21H34N4O5S/c1-17(24(2)16-20(26)22-12-7-15-30-3)21(27)23-18-8-10-19(11-9-18)31(28,29)25-13-5-4-6-14-25/h8-11,17H,4-7,12-16H2,1-3H3,(H,22,26)(H,23,27).